The van der Waals surface area contributed by atoms with E-state index >= 15 is 0 Å². The molecule has 0 rings (SSSR count). The fourth-order valence-electron chi connectivity index (χ4n) is 0.534. The molecule has 0 aromatic heterocycles. The molecule has 0 amide bonds. The molecule has 0 aliphatic heterocycles. The van der Waals surface area contributed by atoms with Crippen LogP contribution in [0.4, 0.5) is 0 Å². The van der Waals surface area contributed by atoms with Crippen molar-refractivity contribution in [2.45, 2.75) is 25.6 Å². The van der Waals surface area contributed by atoms with Gasteiger partial charge in [-0.25, -0.2) is 0 Å². The summed E-state index contributed by atoms with van der Waals surface area (Å²) >= 11 is 5.62. The van der Waals surface area contributed by atoms with E-state index in [1.807, 2.05) is 6.92 Å². The summed E-state index contributed by atoms with van der Waals surface area (Å²) in [6.45, 7) is 4.66. The van der Waals surface area contributed by atoms with Gasteiger partial charge in [0.05, 0.1) is 5.38 Å². The van der Waals surface area contributed by atoms with Gasteiger partial charge in [0.2, 0.25) is 0 Å². The first-order chi connectivity index (χ1) is 4.68. The van der Waals surface area contributed by atoms with Crippen LogP contribution in [0.3, 0.4) is 0 Å². The van der Waals surface area contributed by atoms with Crippen LogP contribution >= 0.6 is 11.6 Å². The van der Waals surface area contributed by atoms with Crippen molar-refractivity contribution in [3.63, 3.8) is 0 Å². The maximum atomic E-state index is 10.6. The lowest BCUT2D eigenvalue weighted by Crippen LogP contribution is -2.12. The number of alkyl halides is 1. The fourth-order valence-corrected chi connectivity index (χ4v) is 0.623. The molecule has 1 unspecified atom stereocenters. The van der Waals surface area contributed by atoms with Gasteiger partial charge in [-0.05, 0) is 20.3 Å². The van der Waals surface area contributed by atoms with Crippen molar-refractivity contribution in [3.8, 4) is 0 Å². The van der Waals surface area contributed by atoms with Crippen LogP contribution in [0.5, 0.6) is 0 Å². The van der Waals surface area contributed by atoms with Crippen molar-refractivity contribution >= 4 is 17.4 Å². The van der Waals surface area contributed by atoms with E-state index in [-0.39, 0.29) is 11.2 Å². The Kier molecular flexibility index (Phi) is 5.64. The molecular formula is C7H13ClO2. The van der Waals surface area contributed by atoms with Gasteiger partial charge in [0.15, 0.2) is 0 Å². The summed E-state index contributed by atoms with van der Waals surface area (Å²) in [4.78, 5) is 10.6. The Morgan fingerprint density at radius 2 is 2.30 bits per heavy atom. The number of hydrogen-bond acceptors (Lipinski definition) is 2. The zero-order valence-corrected chi connectivity index (χ0v) is 7.15. The lowest BCUT2D eigenvalue weighted by molar-refractivity contribution is -0.117. The van der Waals surface area contributed by atoms with E-state index in [1.54, 1.807) is 0 Å². The van der Waals surface area contributed by atoms with E-state index in [0.717, 1.165) is 0 Å². The third-order valence-corrected chi connectivity index (χ3v) is 1.69. The van der Waals surface area contributed by atoms with Crippen LogP contribution < -0.4 is 0 Å². The summed E-state index contributed by atoms with van der Waals surface area (Å²) in [7, 11) is 0. The molecule has 1 atom stereocenters. The summed E-state index contributed by atoms with van der Waals surface area (Å²) in [5.41, 5.74) is 0. The number of ether oxygens (including phenoxy) is 1. The molecule has 0 heterocycles. The van der Waals surface area contributed by atoms with Gasteiger partial charge in [0.1, 0.15) is 5.78 Å². The predicted octanol–water partition coefficient (Wildman–Crippen LogP) is 1.61. The van der Waals surface area contributed by atoms with Gasteiger partial charge >= 0.3 is 0 Å². The molecule has 0 saturated carbocycles. The quantitative estimate of drug-likeness (QED) is 0.456. The van der Waals surface area contributed by atoms with Crippen LogP contribution in [-0.4, -0.2) is 24.4 Å². The van der Waals surface area contributed by atoms with Gasteiger partial charge in [-0.15, -0.1) is 11.6 Å². The summed E-state index contributed by atoms with van der Waals surface area (Å²) in [6, 6.07) is 0. The van der Waals surface area contributed by atoms with Crippen LogP contribution in [0.25, 0.3) is 0 Å². The van der Waals surface area contributed by atoms with Crippen LogP contribution in [-0.2, 0) is 9.53 Å². The molecule has 0 fully saturated rings. The molecule has 0 bridgehead atoms. The Hall–Kier alpha value is -0.0800. The standard InChI is InChI=1S/C7H13ClO2/c1-3-10-5-4-7(8)6(2)9/h7H,3-5H2,1-2H3. The first kappa shape index (κ1) is 9.92. The highest BCUT2D eigenvalue weighted by molar-refractivity contribution is 6.30. The van der Waals surface area contributed by atoms with Crippen molar-refractivity contribution in [2.75, 3.05) is 13.2 Å². The van der Waals surface area contributed by atoms with E-state index in [0.29, 0.717) is 19.6 Å². The molecule has 0 spiro atoms. The third-order valence-electron chi connectivity index (χ3n) is 1.16. The lowest BCUT2D eigenvalue weighted by Gasteiger charge is -2.03. The molecule has 0 N–H and O–H groups in total. The monoisotopic (exact) mass is 164 g/mol. The van der Waals surface area contributed by atoms with E-state index in [1.165, 1.54) is 6.92 Å². The Morgan fingerprint density at radius 3 is 2.70 bits per heavy atom. The molecule has 0 aliphatic rings. The molecular weight excluding hydrogens is 152 g/mol. The van der Waals surface area contributed by atoms with Gasteiger partial charge in [-0.1, -0.05) is 0 Å². The molecule has 0 saturated heterocycles. The largest absolute Gasteiger partial charge is 0.382 e. The van der Waals surface area contributed by atoms with Gasteiger partial charge in [0.25, 0.3) is 0 Å². The molecule has 60 valence electrons. The van der Waals surface area contributed by atoms with E-state index < -0.39 is 0 Å². The number of ketones is 1. The SMILES string of the molecule is CCOCCC(Cl)C(C)=O. The van der Waals surface area contributed by atoms with Crippen LogP contribution in [0, 0.1) is 0 Å². The second-order valence-corrected chi connectivity index (χ2v) is 2.59. The van der Waals surface area contributed by atoms with E-state index in [2.05, 4.69) is 0 Å². The van der Waals surface area contributed by atoms with Crippen molar-refractivity contribution in [1.82, 2.24) is 0 Å². The van der Waals surface area contributed by atoms with Gasteiger partial charge in [-0.3, -0.25) is 4.79 Å². The molecule has 2 nitrogen and oxygen atoms in total. The minimum atomic E-state index is -0.369. The van der Waals surface area contributed by atoms with Crippen molar-refractivity contribution in [3.05, 3.63) is 0 Å². The van der Waals surface area contributed by atoms with Crippen molar-refractivity contribution in [1.29, 1.82) is 0 Å². The molecule has 0 aliphatic carbocycles. The maximum Gasteiger partial charge on any atom is 0.147 e. The number of rotatable bonds is 5. The summed E-state index contributed by atoms with van der Waals surface area (Å²) in [5.74, 6) is 0.0152. The molecule has 10 heavy (non-hydrogen) atoms. The van der Waals surface area contributed by atoms with Gasteiger partial charge in [0, 0.05) is 13.2 Å². The summed E-state index contributed by atoms with van der Waals surface area (Å²) < 4.78 is 5.02. The van der Waals surface area contributed by atoms with E-state index in [9.17, 15) is 4.79 Å². The van der Waals surface area contributed by atoms with Crippen LogP contribution in [0.1, 0.15) is 20.3 Å². The second kappa shape index (κ2) is 5.69. The smallest absolute Gasteiger partial charge is 0.147 e. The molecule has 0 aromatic carbocycles. The van der Waals surface area contributed by atoms with Crippen LogP contribution in [0.2, 0.25) is 0 Å². The molecule has 0 aromatic rings. The average molecular weight is 165 g/mol. The zero-order valence-electron chi connectivity index (χ0n) is 6.39. The topological polar surface area (TPSA) is 26.3 Å². The number of hydrogen-bond donors (Lipinski definition) is 0. The molecule has 3 heteroatoms. The maximum absolute atomic E-state index is 10.6. The first-order valence-corrected chi connectivity index (χ1v) is 3.84. The molecule has 0 radical (unpaired) electrons. The summed E-state index contributed by atoms with van der Waals surface area (Å²) in [6.07, 6.45) is 0.616. The highest BCUT2D eigenvalue weighted by Crippen LogP contribution is 2.02. The highest BCUT2D eigenvalue weighted by Gasteiger charge is 2.08. The Balaban J connectivity index is 3.21. The third kappa shape index (κ3) is 4.77. The van der Waals surface area contributed by atoms with Gasteiger partial charge < -0.3 is 4.74 Å². The average Bonchev–Trinajstić information content (AvgIpc) is 1.88. The van der Waals surface area contributed by atoms with E-state index in [4.69, 9.17) is 16.3 Å². The highest BCUT2D eigenvalue weighted by atomic mass is 35.5. The number of Topliss-reactive ketones (excluding diaryl/α,β-unsaturated/α-hetero) is 1. The number of carbonyl (C=O) groups is 1. The first-order valence-electron chi connectivity index (χ1n) is 3.40. The van der Waals surface area contributed by atoms with Crippen molar-refractivity contribution < 1.29 is 9.53 Å². The second-order valence-electron chi connectivity index (χ2n) is 2.06. The predicted molar refractivity (Wildman–Crippen MR) is 41.4 cm³/mol. The Bertz CT molecular complexity index is 104. The van der Waals surface area contributed by atoms with Crippen molar-refractivity contribution in [2.24, 2.45) is 0 Å². The lowest BCUT2D eigenvalue weighted by atomic mass is 10.2. The number of halogens is 1. The minimum absolute atomic E-state index is 0.0152. The van der Waals surface area contributed by atoms with Crippen LogP contribution in [0.15, 0.2) is 0 Å². The summed E-state index contributed by atoms with van der Waals surface area (Å²) in [5, 5.41) is -0.369. The Morgan fingerprint density at radius 1 is 1.70 bits per heavy atom. The zero-order chi connectivity index (χ0) is 7.98. The van der Waals surface area contributed by atoms with Gasteiger partial charge in [-0.2, -0.15) is 0 Å². The number of carbonyl (C=O) groups excluding carboxylic acids is 1. The normalized spacial score (nSPS) is 13.1. The Labute approximate surface area is 66.5 Å². The fraction of sp³-hybridized carbons (Fsp3) is 0.857. The minimum Gasteiger partial charge on any atom is -0.382 e.